The molecule has 0 bridgehead atoms. The maximum atomic E-state index is 12.7. The molecule has 0 aliphatic rings. The Bertz CT molecular complexity index is 1160. The lowest BCUT2D eigenvalue weighted by Gasteiger charge is -2.05. The Morgan fingerprint density at radius 2 is 1.92 bits per heavy atom. The number of aromatic nitrogens is 2. The van der Waals surface area contributed by atoms with Gasteiger partial charge in [0.05, 0.1) is 5.39 Å². The highest BCUT2D eigenvalue weighted by Gasteiger charge is 2.14. The Kier molecular flexibility index (Phi) is 3.94. The maximum absolute atomic E-state index is 12.7. The van der Waals surface area contributed by atoms with Crippen LogP contribution in [0.2, 0.25) is 5.02 Å². The van der Waals surface area contributed by atoms with Gasteiger partial charge in [0.15, 0.2) is 0 Å². The Morgan fingerprint density at radius 3 is 2.68 bits per heavy atom. The highest BCUT2D eigenvalue weighted by Crippen LogP contribution is 2.33. The first kappa shape index (κ1) is 16.1. The molecule has 0 spiro atoms. The molecule has 1 N–H and O–H groups in total. The van der Waals surface area contributed by atoms with E-state index < -0.39 is 0 Å². The minimum atomic E-state index is -0.120. The fraction of sp³-hybridized carbons (Fsp3) is 0.100. The lowest BCUT2D eigenvalue weighted by molar-refractivity contribution is 1.19. The van der Waals surface area contributed by atoms with Crippen LogP contribution in [0.4, 0.5) is 0 Å². The van der Waals surface area contributed by atoms with Gasteiger partial charge in [0.1, 0.15) is 10.7 Å². The van der Waals surface area contributed by atoms with Crippen LogP contribution >= 0.6 is 22.9 Å². The molecule has 0 saturated carbocycles. The van der Waals surface area contributed by atoms with Crippen LogP contribution in [-0.4, -0.2) is 9.97 Å². The van der Waals surface area contributed by atoms with Crippen molar-refractivity contribution in [1.29, 1.82) is 0 Å². The van der Waals surface area contributed by atoms with Crippen molar-refractivity contribution in [3.8, 4) is 22.5 Å². The Morgan fingerprint density at radius 1 is 1.08 bits per heavy atom. The normalized spacial score (nSPS) is 11.2. The summed E-state index contributed by atoms with van der Waals surface area (Å²) in [5, 5.41) is 3.33. The van der Waals surface area contributed by atoms with Gasteiger partial charge >= 0.3 is 0 Å². The van der Waals surface area contributed by atoms with Gasteiger partial charge in [0.2, 0.25) is 0 Å². The minimum Gasteiger partial charge on any atom is -0.306 e. The summed E-state index contributed by atoms with van der Waals surface area (Å²) in [6.45, 7) is 3.98. The van der Waals surface area contributed by atoms with Gasteiger partial charge in [0, 0.05) is 21.5 Å². The molecule has 4 rings (SSSR count). The zero-order valence-electron chi connectivity index (χ0n) is 13.8. The van der Waals surface area contributed by atoms with E-state index >= 15 is 0 Å². The molecule has 25 heavy (non-hydrogen) atoms. The van der Waals surface area contributed by atoms with E-state index in [1.807, 2.05) is 61.7 Å². The second-order valence-corrected chi connectivity index (χ2v) is 7.34. The minimum absolute atomic E-state index is 0.120. The molecule has 124 valence electrons. The zero-order valence-corrected chi connectivity index (χ0v) is 15.3. The predicted octanol–water partition coefficient (Wildman–Crippen LogP) is 5.59. The highest BCUT2D eigenvalue weighted by atomic mass is 35.5. The summed E-state index contributed by atoms with van der Waals surface area (Å²) in [6.07, 6.45) is 0. The summed E-state index contributed by atoms with van der Waals surface area (Å²) in [4.78, 5) is 21.1. The molecule has 0 aliphatic carbocycles. The van der Waals surface area contributed by atoms with Gasteiger partial charge in [-0.3, -0.25) is 4.79 Å². The molecule has 3 nitrogen and oxygen atoms in total. The SMILES string of the molecule is Cc1cccc(-c2nc3scc(-c4ccc(Cl)c(C)c4)c3c(=O)[nH]2)c1. The van der Waals surface area contributed by atoms with Gasteiger partial charge in [-0.25, -0.2) is 4.98 Å². The van der Waals surface area contributed by atoms with Crippen LogP contribution in [-0.2, 0) is 0 Å². The van der Waals surface area contributed by atoms with Gasteiger partial charge < -0.3 is 4.98 Å². The van der Waals surface area contributed by atoms with Gasteiger partial charge in [-0.15, -0.1) is 11.3 Å². The molecule has 2 aromatic carbocycles. The second-order valence-electron chi connectivity index (χ2n) is 6.08. The van der Waals surface area contributed by atoms with Crippen molar-refractivity contribution in [1.82, 2.24) is 9.97 Å². The second kappa shape index (κ2) is 6.14. The van der Waals surface area contributed by atoms with E-state index in [1.54, 1.807) is 0 Å². The molecule has 0 unspecified atom stereocenters. The predicted molar refractivity (Wildman–Crippen MR) is 106 cm³/mol. The quantitative estimate of drug-likeness (QED) is 0.502. The van der Waals surface area contributed by atoms with Crippen LogP contribution in [0.25, 0.3) is 32.7 Å². The van der Waals surface area contributed by atoms with Crippen LogP contribution in [0.1, 0.15) is 11.1 Å². The Hall–Kier alpha value is -2.43. The third-order valence-corrected chi connectivity index (χ3v) is 5.50. The third kappa shape index (κ3) is 2.88. The largest absolute Gasteiger partial charge is 0.306 e. The monoisotopic (exact) mass is 366 g/mol. The summed E-state index contributed by atoms with van der Waals surface area (Å²) >= 11 is 7.60. The number of benzene rings is 2. The number of nitrogens with zero attached hydrogens (tertiary/aromatic N) is 1. The fourth-order valence-electron chi connectivity index (χ4n) is 2.90. The topological polar surface area (TPSA) is 45.8 Å². The molecule has 2 aromatic heterocycles. The molecule has 0 atom stereocenters. The molecule has 4 aromatic rings. The van der Waals surface area contributed by atoms with E-state index in [4.69, 9.17) is 11.6 Å². The van der Waals surface area contributed by atoms with Gasteiger partial charge in [-0.2, -0.15) is 0 Å². The molecule has 0 amide bonds. The van der Waals surface area contributed by atoms with Crippen LogP contribution < -0.4 is 5.56 Å². The number of aryl methyl sites for hydroxylation is 2. The van der Waals surface area contributed by atoms with Gasteiger partial charge in [-0.1, -0.05) is 41.4 Å². The first-order chi connectivity index (χ1) is 12.0. The van der Waals surface area contributed by atoms with Crippen molar-refractivity contribution >= 4 is 33.2 Å². The van der Waals surface area contributed by atoms with Crippen molar-refractivity contribution in [2.75, 3.05) is 0 Å². The molecular weight excluding hydrogens is 352 g/mol. The van der Waals surface area contributed by atoms with Crippen LogP contribution in [0.5, 0.6) is 0 Å². The van der Waals surface area contributed by atoms with Crippen molar-refractivity contribution in [2.24, 2.45) is 0 Å². The molecule has 2 heterocycles. The van der Waals surface area contributed by atoms with E-state index in [1.165, 1.54) is 11.3 Å². The van der Waals surface area contributed by atoms with Crippen molar-refractivity contribution in [3.63, 3.8) is 0 Å². The van der Waals surface area contributed by atoms with Crippen LogP contribution in [0.3, 0.4) is 0 Å². The number of H-pyrrole nitrogens is 1. The highest BCUT2D eigenvalue weighted by molar-refractivity contribution is 7.17. The van der Waals surface area contributed by atoms with E-state index in [0.717, 1.165) is 37.7 Å². The third-order valence-electron chi connectivity index (χ3n) is 4.20. The molecule has 0 aliphatic heterocycles. The number of aromatic amines is 1. The molecule has 5 heteroatoms. The first-order valence-electron chi connectivity index (χ1n) is 7.88. The van der Waals surface area contributed by atoms with Crippen LogP contribution in [0, 0.1) is 13.8 Å². The van der Waals surface area contributed by atoms with Crippen molar-refractivity contribution in [2.45, 2.75) is 13.8 Å². The number of hydrogen-bond acceptors (Lipinski definition) is 3. The van der Waals surface area contributed by atoms with Gasteiger partial charge in [-0.05, 0) is 43.2 Å². The fourth-order valence-corrected chi connectivity index (χ4v) is 3.97. The molecule has 0 radical (unpaired) electrons. The summed E-state index contributed by atoms with van der Waals surface area (Å²) in [6, 6.07) is 13.7. The lowest BCUT2D eigenvalue weighted by atomic mass is 10.0. The van der Waals surface area contributed by atoms with E-state index in [0.29, 0.717) is 11.2 Å². The summed E-state index contributed by atoms with van der Waals surface area (Å²) in [7, 11) is 0. The number of fused-ring (bicyclic) bond motifs is 1. The number of thiophene rings is 1. The van der Waals surface area contributed by atoms with E-state index in [9.17, 15) is 4.79 Å². The molecule has 0 fully saturated rings. The lowest BCUT2D eigenvalue weighted by Crippen LogP contribution is -2.09. The van der Waals surface area contributed by atoms with Crippen molar-refractivity contribution in [3.05, 3.63) is 74.3 Å². The number of nitrogens with one attached hydrogen (secondary N) is 1. The zero-order chi connectivity index (χ0) is 17.6. The molecular formula is C20H15ClN2OS. The van der Waals surface area contributed by atoms with Gasteiger partial charge in [0.25, 0.3) is 5.56 Å². The summed E-state index contributed by atoms with van der Waals surface area (Å²) < 4.78 is 0. The van der Waals surface area contributed by atoms with Crippen LogP contribution in [0.15, 0.2) is 52.6 Å². The number of hydrogen-bond donors (Lipinski definition) is 1. The standard InChI is InChI=1S/C20H15ClN2OS/c1-11-4-3-5-14(8-11)18-22-19(24)17-15(10-25-20(17)23-18)13-6-7-16(21)12(2)9-13/h3-10H,1-2H3,(H,22,23,24). The maximum Gasteiger partial charge on any atom is 0.260 e. The summed E-state index contributed by atoms with van der Waals surface area (Å²) in [5.41, 5.74) is 4.78. The Labute approximate surface area is 154 Å². The number of rotatable bonds is 2. The average Bonchev–Trinajstić information content (AvgIpc) is 3.02. The van der Waals surface area contributed by atoms with E-state index in [2.05, 4.69) is 9.97 Å². The first-order valence-corrected chi connectivity index (χ1v) is 9.14. The summed E-state index contributed by atoms with van der Waals surface area (Å²) in [5.74, 6) is 0.599. The average molecular weight is 367 g/mol. The smallest absolute Gasteiger partial charge is 0.260 e. The van der Waals surface area contributed by atoms with Crippen molar-refractivity contribution < 1.29 is 0 Å². The Balaban J connectivity index is 1.90. The molecule has 0 saturated heterocycles. The number of halogens is 1. The van der Waals surface area contributed by atoms with E-state index in [-0.39, 0.29) is 5.56 Å².